The van der Waals surface area contributed by atoms with E-state index in [9.17, 15) is 4.39 Å². The number of benzene rings is 2. The van der Waals surface area contributed by atoms with E-state index in [2.05, 4.69) is 21.2 Å². The van der Waals surface area contributed by atoms with Crippen LogP contribution in [0.3, 0.4) is 0 Å². The molecule has 2 rings (SSSR count). The molecular weight excluding hydrogens is 365 g/mol. The molecule has 6 heteroatoms. The summed E-state index contributed by atoms with van der Waals surface area (Å²) in [7, 11) is 1.58. The summed E-state index contributed by atoms with van der Waals surface area (Å²) in [6.07, 6.45) is 0. The summed E-state index contributed by atoms with van der Waals surface area (Å²) in [5.74, 6) is 0.968. The Balaban J connectivity index is 2.19. The lowest BCUT2D eigenvalue weighted by atomic mass is 10.1. The molecule has 2 aromatic carbocycles. The maximum atomic E-state index is 13.0. The zero-order valence-corrected chi connectivity index (χ0v) is 14.4. The van der Waals surface area contributed by atoms with Crippen LogP contribution < -0.4 is 14.8 Å². The van der Waals surface area contributed by atoms with Gasteiger partial charge in [-0.15, -0.1) is 0 Å². The number of halogens is 2. The van der Waals surface area contributed by atoms with Crippen LogP contribution in [-0.4, -0.2) is 25.4 Å². The third-order valence-electron chi connectivity index (χ3n) is 3.27. The lowest BCUT2D eigenvalue weighted by Gasteiger charge is -2.17. The molecule has 0 heterocycles. The Bertz CT molecular complexity index is 634. The summed E-state index contributed by atoms with van der Waals surface area (Å²) < 4.78 is 25.1. The zero-order valence-electron chi connectivity index (χ0n) is 12.8. The molecule has 0 spiro atoms. The molecule has 2 aromatic rings. The minimum absolute atomic E-state index is 0.0629. The second-order valence-corrected chi connectivity index (χ2v) is 5.73. The minimum Gasteiger partial charge on any atom is -0.493 e. The van der Waals surface area contributed by atoms with Crippen molar-refractivity contribution >= 4 is 15.9 Å². The molecule has 0 aliphatic heterocycles. The summed E-state index contributed by atoms with van der Waals surface area (Å²) in [6, 6.07) is 9.88. The molecule has 2 N–H and O–H groups in total. The number of aliphatic hydroxyl groups excluding tert-OH is 1. The van der Waals surface area contributed by atoms with Crippen molar-refractivity contribution < 1.29 is 19.0 Å². The van der Waals surface area contributed by atoms with Gasteiger partial charge in [-0.2, -0.15) is 0 Å². The van der Waals surface area contributed by atoms with Gasteiger partial charge in [-0.3, -0.25) is 0 Å². The van der Waals surface area contributed by atoms with E-state index in [0.29, 0.717) is 31.2 Å². The van der Waals surface area contributed by atoms with Gasteiger partial charge in [-0.1, -0.05) is 28.1 Å². The Hall–Kier alpha value is -1.63. The van der Waals surface area contributed by atoms with Crippen LogP contribution >= 0.6 is 15.9 Å². The molecule has 0 saturated heterocycles. The van der Waals surface area contributed by atoms with Crippen LogP contribution in [0.15, 0.2) is 40.9 Å². The number of hydrogen-bond donors (Lipinski definition) is 2. The lowest BCUT2D eigenvalue weighted by molar-refractivity contribution is 0.276. The normalized spacial score (nSPS) is 10.6. The summed E-state index contributed by atoms with van der Waals surface area (Å²) in [4.78, 5) is 0. The second kappa shape index (κ2) is 8.86. The molecule has 0 aliphatic carbocycles. The molecule has 0 radical (unpaired) electrons. The van der Waals surface area contributed by atoms with Crippen LogP contribution in [0.5, 0.6) is 11.5 Å². The topological polar surface area (TPSA) is 50.7 Å². The van der Waals surface area contributed by atoms with Crippen molar-refractivity contribution in [2.24, 2.45) is 0 Å². The summed E-state index contributed by atoms with van der Waals surface area (Å²) in [5.41, 5.74) is 1.77. The van der Waals surface area contributed by atoms with E-state index in [4.69, 9.17) is 14.6 Å². The number of nitrogens with one attached hydrogen (secondary N) is 1. The monoisotopic (exact) mass is 383 g/mol. The number of aliphatic hydroxyl groups is 1. The zero-order chi connectivity index (χ0) is 16.7. The van der Waals surface area contributed by atoms with Gasteiger partial charge in [-0.05, 0) is 29.8 Å². The first-order chi connectivity index (χ1) is 11.2. The summed E-state index contributed by atoms with van der Waals surface area (Å²) in [6.45, 7) is 1.38. The molecule has 0 aromatic heterocycles. The van der Waals surface area contributed by atoms with E-state index in [1.54, 1.807) is 19.2 Å². The lowest BCUT2D eigenvalue weighted by Crippen LogP contribution is -2.18. The molecular formula is C17H19BrFNO3. The van der Waals surface area contributed by atoms with Crippen LogP contribution in [-0.2, 0) is 13.2 Å². The fraction of sp³-hybridized carbons (Fsp3) is 0.294. The van der Waals surface area contributed by atoms with Gasteiger partial charge in [0.25, 0.3) is 0 Å². The predicted molar refractivity (Wildman–Crippen MR) is 90.2 cm³/mol. The Labute approximate surface area is 143 Å². The molecule has 0 aliphatic rings. The summed E-state index contributed by atoms with van der Waals surface area (Å²) >= 11 is 3.51. The summed E-state index contributed by atoms with van der Waals surface area (Å²) in [5, 5.41) is 12.0. The van der Waals surface area contributed by atoms with Crippen molar-refractivity contribution in [2.75, 3.05) is 20.3 Å². The maximum Gasteiger partial charge on any atom is 0.167 e. The van der Waals surface area contributed by atoms with Crippen molar-refractivity contribution in [2.45, 2.75) is 13.2 Å². The Morgan fingerprint density at radius 2 is 1.91 bits per heavy atom. The Morgan fingerprint density at radius 1 is 1.17 bits per heavy atom. The van der Waals surface area contributed by atoms with Gasteiger partial charge < -0.3 is 19.9 Å². The molecule has 0 amide bonds. The average molecular weight is 384 g/mol. The molecule has 4 nitrogen and oxygen atoms in total. The molecule has 124 valence electrons. The highest BCUT2D eigenvalue weighted by atomic mass is 79.9. The number of rotatable bonds is 8. The maximum absolute atomic E-state index is 13.0. The van der Waals surface area contributed by atoms with Gasteiger partial charge in [0, 0.05) is 23.1 Å². The Kier molecular flexibility index (Phi) is 6.83. The predicted octanol–water partition coefficient (Wildman–Crippen LogP) is 3.26. The van der Waals surface area contributed by atoms with Crippen molar-refractivity contribution in [3.63, 3.8) is 0 Å². The first-order valence-corrected chi connectivity index (χ1v) is 7.99. The van der Waals surface area contributed by atoms with Crippen molar-refractivity contribution in [1.82, 2.24) is 5.32 Å². The molecule has 23 heavy (non-hydrogen) atoms. The minimum atomic E-state index is -0.275. The third-order valence-corrected chi connectivity index (χ3v) is 4.02. The molecule has 0 fully saturated rings. The average Bonchev–Trinajstić information content (AvgIpc) is 2.56. The van der Waals surface area contributed by atoms with E-state index >= 15 is 0 Å². The molecule has 0 atom stereocenters. The smallest absolute Gasteiger partial charge is 0.167 e. The molecule has 0 saturated carbocycles. The second-order valence-electron chi connectivity index (χ2n) is 4.87. The molecule has 0 unspecified atom stereocenters. The highest BCUT2D eigenvalue weighted by Gasteiger charge is 2.14. The van der Waals surface area contributed by atoms with E-state index in [0.717, 1.165) is 15.6 Å². The molecule has 0 bridgehead atoms. The van der Waals surface area contributed by atoms with E-state index in [-0.39, 0.29) is 12.4 Å². The van der Waals surface area contributed by atoms with Gasteiger partial charge in [0.1, 0.15) is 12.4 Å². The van der Waals surface area contributed by atoms with Crippen molar-refractivity contribution in [1.29, 1.82) is 0 Å². The number of ether oxygens (including phenoxy) is 2. The number of hydrogen-bond acceptors (Lipinski definition) is 4. The number of methoxy groups -OCH3 is 1. The van der Waals surface area contributed by atoms with E-state index in [1.165, 1.54) is 12.1 Å². The van der Waals surface area contributed by atoms with Gasteiger partial charge in [0.05, 0.1) is 13.7 Å². The largest absolute Gasteiger partial charge is 0.493 e. The van der Waals surface area contributed by atoms with E-state index < -0.39 is 0 Å². The quantitative estimate of drug-likeness (QED) is 0.687. The van der Waals surface area contributed by atoms with Crippen LogP contribution in [0.25, 0.3) is 0 Å². The fourth-order valence-electron chi connectivity index (χ4n) is 2.09. The van der Waals surface area contributed by atoms with E-state index in [1.807, 2.05) is 12.1 Å². The standard InChI is InChI=1S/C17H19BrFNO3/c1-22-16-7-6-15(18)14(10-20-8-9-21)17(16)23-11-12-2-4-13(19)5-3-12/h2-7,20-21H,8-11H2,1H3. The van der Waals surface area contributed by atoms with Crippen LogP contribution in [0, 0.1) is 5.82 Å². The van der Waals surface area contributed by atoms with Gasteiger partial charge in [0.2, 0.25) is 0 Å². The fourth-order valence-corrected chi connectivity index (χ4v) is 2.55. The van der Waals surface area contributed by atoms with Crippen LogP contribution in [0.2, 0.25) is 0 Å². The van der Waals surface area contributed by atoms with Gasteiger partial charge in [-0.25, -0.2) is 4.39 Å². The third kappa shape index (κ3) is 4.92. The van der Waals surface area contributed by atoms with Gasteiger partial charge in [0.15, 0.2) is 11.5 Å². The first-order valence-electron chi connectivity index (χ1n) is 7.20. The van der Waals surface area contributed by atoms with Crippen molar-refractivity contribution in [3.8, 4) is 11.5 Å². The highest BCUT2D eigenvalue weighted by Crippen LogP contribution is 2.36. The van der Waals surface area contributed by atoms with Crippen molar-refractivity contribution in [3.05, 3.63) is 57.8 Å². The van der Waals surface area contributed by atoms with Gasteiger partial charge >= 0.3 is 0 Å². The first kappa shape index (κ1) is 17.7. The van der Waals surface area contributed by atoms with Crippen LogP contribution in [0.4, 0.5) is 4.39 Å². The Morgan fingerprint density at radius 3 is 2.57 bits per heavy atom. The van der Waals surface area contributed by atoms with Crippen LogP contribution in [0.1, 0.15) is 11.1 Å². The highest BCUT2D eigenvalue weighted by molar-refractivity contribution is 9.10. The SMILES string of the molecule is COc1ccc(Br)c(CNCCO)c1OCc1ccc(F)cc1.